The highest BCUT2D eigenvalue weighted by Crippen LogP contribution is 2.12. The molecule has 0 aliphatic carbocycles. The Morgan fingerprint density at radius 3 is 2.59 bits per heavy atom. The molecular formula is C14H22N2O. The van der Waals surface area contributed by atoms with Crippen LogP contribution in [0.25, 0.3) is 0 Å². The van der Waals surface area contributed by atoms with Crippen LogP contribution in [0.5, 0.6) is 0 Å². The fourth-order valence-corrected chi connectivity index (χ4v) is 1.75. The van der Waals surface area contributed by atoms with Gasteiger partial charge < -0.3 is 10.6 Å². The van der Waals surface area contributed by atoms with Crippen LogP contribution in [0.3, 0.4) is 0 Å². The first-order chi connectivity index (χ1) is 8.10. The Morgan fingerprint density at radius 1 is 1.41 bits per heavy atom. The number of carbonyl (C=O) groups excluding carboxylic acids is 1. The van der Waals surface area contributed by atoms with Gasteiger partial charge in [-0.15, -0.1) is 0 Å². The molecule has 3 nitrogen and oxygen atoms in total. The average Bonchev–Trinajstić information content (AvgIpc) is 2.36. The molecule has 0 saturated carbocycles. The van der Waals surface area contributed by atoms with Gasteiger partial charge in [0.15, 0.2) is 0 Å². The SMILES string of the molecule is CCN(Cc1ccccc1C)C(=O)C(C)CN. The van der Waals surface area contributed by atoms with Gasteiger partial charge in [0.25, 0.3) is 0 Å². The van der Waals surface area contributed by atoms with Crippen molar-refractivity contribution < 1.29 is 4.79 Å². The van der Waals surface area contributed by atoms with Gasteiger partial charge in [0, 0.05) is 25.6 Å². The molecule has 1 atom stereocenters. The minimum absolute atomic E-state index is 0.0982. The van der Waals surface area contributed by atoms with Crippen LogP contribution in [0.15, 0.2) is 24.3 Å². The van der Waals surface area contributed by atoms with Gasteiger partial charge in [-0.25, -0.2) is 0 Å². The van der Waals surface area contributed by atoms with Crippen LogP contribution in [0.2, 0.25) is 0 Å². The minimum Gasteiger partial charge on any atom is -0.338 e. The van der Waals surface area contributed by atoms with Crippen molar-refractivity contribution in [2.75, 3.05) is 13.1 Å². The number of rotatable bonds is 5. The van der Waals surface area contributed by atoms with Crippen molar-refractivity contribution >= 4 is 5.91 Å². The van der Waals surface area contributed by atoms with Crippen molar-refractivity contribution in [2.24, 2.45) is 11.7 Å². The summed E-state index contributed by atoms with van der Waals surface area (Å²) in [6.45, 7) is 7.75. The topological polar surface area (TPSA) is 46.3 Å². The van der Waals surface area contributed by atoms with Crippen LogP contribution in [0, 0.1) is 12.8 Å². The fourth-order valence-electron chi connectivity index (χ4n) is 1.75. The molecule has 1 aromatic rings. The highest BCUT2D eigenvalue weighted by Gasteiger charge is 2.18. The smallest absolute Gasteiger partial charge is 0.226 e. The average molecular weight is 234 g/mol. The molecule has 0 spiro atoms. The highest BCUT2D eigenvalue weighted by molar-refractivity contribution is 5.78. The summed E-state index contributed by atoms with van der Waals surface area (Å²) in [5, 5.41) is 0. The number of hydrogen-bond donors (Lipinski definition) is 1. The lowest BCUT2D eigenvalue weighted by atomic mass is 10.1. The van der Waals surface area contributed by atoms with Gasteiger partial charge in [-0.05, 0) is 25.0 Å². The van der Waals surface area contributed by atoms with Crippen LogP contribution in [-0.2, 0) is 11.3 Å². The monoisotopic (exact) mass is 234 g/mol. The molecule has 0 bridgehead atoms. The molecule has 0 aliphatic rings. The number of amides is 1. The van der Waals surface area contributed by atoms with Gasteiger partial charge in [0.2, 0.25) is 5.91 Å². The third-order valence-corrected chi connectivity index (χ3v) is 3.09. The van der Waals surface area contributed by atoms with Crippen LogP contribution in [0.1, 0.15) is 25.0 Å². The van der Waals surface area contributed by atoms with E-state index in [1.54, 1.807) is 0 Å². The second-order valence-electron chi connectivity index (χ2n) is 4.42. The molecule has 1 amide bonds. The van der Waals surface area contributed by atoms with E-state index in [0.29, 0.717) is 13.1 Å². The molecule has 0 saturated heterocycles. The van der Waals surface area contributed by atoms with Gasteiger partial charge in [-0.1, -0.05) is 31.2 Å². The molecule has 1 aromatic carbocycles. The summed E-state index contributed by atoms with van der Waals surface area (Å²) in [5.41, 5.74) is 7.96. The van der Waals surface area contributed by atoms with Gasteiger partial charge in [0.1, 0.15) is 0 Å². The molecule has 1 rings (SSSR count). The lowest BCUT2D eigenvalue weighted by Gasteiger charge is -2.24. The summed E-state index contributed by atoms with van der Waals surface area (Å²) in [7, 11) is 0. The Hall–Kier alpha value is -1.35. The van der Waals surface area contributed by atoms with E-state index in [2.05, 4.69) is 19.1 Å². The molecule has 0 heterocycles. The number of benzene rings is 1. The zero-order valence-corrected chi connectivity index (χ0v) is 10.9. The molecule has 94 valence electrons. The summed E-state index contributed by atoms with van der Waals surface area (Å²) in [5.74, 6) is 0.0391. The molecule has 0 aliphatic heterocycles. The van der Waals surface area contributed by atoms with Crippen molar-refractivity contribution in [2.45, 2.75) is 27.3 Å². The van der Waals surface area contributed by atoms with Crippen molar-refractivity contribution in [3.63, 3.8) is 0 Å². The third-order valence-electron chi connectivity index (χ3n) is 3.09. The Morgan fingerprint density at radius 2 is 2.06 bits per heavy atom. The Labute approximate surface area is 104 Å². The van der Waals surface area contributed by atoms with E-state index in [4.69, 9.17) is 5.73 Å². The second-order valence-corrected chi connectivity index (χ2v) is 4.42. The third kappa shape index (κ3) is 3.56. The second kappa shape index (κ2) is 6.40. The largest absolute Gasteiger partial charge is 0.338 e. The molecule has 1 unspecified atom stereocenters. The summed E-state index contributed by atoms with van der Waals surface area (Å²) in [6.07, 6.45) is 0. The molecule has 3 heteroatoms. The van der Waals surface area contributed by atoms with Crippen LogP contribution < -0.4 is 5.73 Å². The molecule has 0 fully saturated rings. The van der Waals surface area contributed by atoms with E-state index in [-0.39, 0.29) is 11.8 Å². The van der Waals surface area contributed by atoms with Crippen molar-refractivity contribution in [3.05, 3.63) is 35.4 Å². The predicted octanol–water partition coefficient (Wildman–Crippen LogP) is 1.94. The lowest BCUT2D eigenvalue weighted by molar-refractivity contribution is -0.135. The Bertz CT molecular complexity index is 376. The van der Waals surface area contributed by atoms with E-state index in [1.165, 1.54) is 11.1 Å². The maximum Gasteiger partial charge on any atom is 0.226 e. The van der Waals surface area contributed by atoms with E-state index in [1.807, 2.05) is 30.9 Å². The van der Waals surface area contributed by atoms with E-state index in [9.17, 15) is 4.79 Å². The number of nitrogens with zero attached hydrogens (tertiary/aromatic N) is 1. The van der Waals surface area contributed by atoms with Crippen LogP contribution in [-0.4, -0.2) is 23.9 Å². The fraction of sp³-hybridized carbons (Fsp3) is 0.500. The maximum atomic E-state index is 12.1. The van der Waals surface area contributed by atoms with Crippen molar-refractivity contribution in [3.8, 4) is 0 Å². The first-order valence-corrected chi connectivity index (χ1v) is 6.13. The van der Waals surface area contributed by atoms with Crippen LogP contribution >= 0.6 is 0 Å². The molecular weight excluding hydrogens is 212 g/mol. The summed E-state index contributed by atoms with van der Waals surface area (Å²) >= 11 is 0. The van der Waals surface area contributed by atoms with Crippen molar-refractivity contribution in [1.82, 2.24) is 4.90 Å². The maximum absolute atomic E-state index is 12.1. The summed E-state index contributed by atoms with van der Waals surface area (Å²) in [4.78, 5) is 13.9. The van der Waals surface area contributed by atoms with Crippen molar-refractivity contribution in [1.29, 1.82) is 0 Å². The molecule has 2 N–H and O–H groups in total. The van der Waals surface area contributed by atoms with E-state index in [0.717, 1.165) is 6.54 Å². The van der Waals surface area contributed by atoms with E-state index >= 15 is 0 Å². The summed E-state index contributed by atoms with van der Waals surface area (Å²) < 4.78 is 0. The lowest BCUT2D eigenvalue weighted by Crippen LogP contribution is -2.37. The van der Waals surface area contributed by atoms with Gasteiger partial charge in [0.05, 0.1) is 0 Å². The van der Waals surface area contributed by atoms with Gasteiger partial charge in [-0.3, -0.25) is 4.79 Å². The number of hydrogen-bond acceptors (Lipinski definition) is 2. The molecule has 0 aromatic heterocycles. The number of aryl methyl sites for hydroxylation is 1. The molecule has 17 heavy (non-hydrogen) atoms. The Balaban J connectivity index is 2.77. The summed E-state index contributed by atoms with van der Waals surface area (Å²) in [6, 6.07) is 8.16. The normalized spacial score (nSPS) is 12.2. The van der Waals surface area contributed by atoms with E-state index < -0.39 is 0 Å². The first-order valence-electron chi connectivity index (χ1n) is 6.13. The minimum atomic E-state index is -0.0982. The number of nitrogens with two attached hydrogens (primary N) is 1. The van der Waals surface area contributed by atoms with Crippen LogP contribution in [0.4, 0.5) is 0 Å². The standard InChI is InChI=1S/C14H22N2O/c1-4-16(14(17)12(3)9-15)10-13-8-6-5-7-11(13)2/h5-8,12H,4,9-10,15H2,1-3H3. The quantitative estimate of drug-likeness (QED) is 0.846. The Kier molecular flexibility index (Phi) is 5.16. The number of carbonyl (C=O) groups is 1. The van der Waals surface area contributed by atoms with Gasteiger partial charge in [-0.2, -0.15) is 0 Å². The zero-order chi connectivity index (χ0) is 12.8. The highest BCUT2D eigenvalue weighted by atomic mass is 16.2. The zero-order valence-electron chi connectivity index (χ0n) is 10.9. The molecule has 0 radical (unpaired) electrons. The predicted molar refractivity (Wildman–Crippen MR) is 70.5 cm³/mol. The first kappa shape index (κ1) is 13.7. The van der Waals surface area contributed by atoms with Gasteiger partial charge >= 0.3 is 0 Å².